The minimum Gasteiger partial charge on any atom is -0.496 e. The third-order valence-corrected chi connectivity index (χ3v) is 3.31. The number of halogens is 2. The van der Waals surface area contributed by atoms with E-state index >= 15 is 0 Å². The van der Waals surface area contributed by atoms with Crippen LogP contribution in [0.3, 0.4) is 0 Å². The Hall–Kier alpha value is -0.800. The van der Waals surface area contributed by atoms with E-state index < -0.39 is 11.4 Å². The second-order valence-corrected chi connectivity index (χ2v) is 4.36. The monoisotopic (exact) mass is 229 g/mol. The quantitative estimate of drug-likeness (QED) is 0.847. The Labute approximate surface area is 93.2 Å². The van der Waals surface area contributed by atoms with Crippen LogP contribution in [-0.4, -0.2) is 7.11 Å². The first-order valence-corrected chi connectivity index (χ1v) is 5.27. The van der Waals surface area contributed by atoms with Crippen molar-refractivity contribution in [3.8, 4) is 5.75 Å². The second-order valence-electron chi connectivity index (χ2n) is 3.95. The van der Waals surface area contributed by atoms with Crippen molar-refractivity contribution in [1.82, 2.24) is 0 Å². The molecule has 0 spiro atoms. The Morgan fingerprint density at radius 3 is 2.60 bits per heavy atom. The van der Waals surface area contributed by atoms with Gasteiger partial charge in [-0.1, -0.05) is 11.6 Å². The number of methoxy groups -OCH3 is 1. The van der Waals surface area contributed by atoms with Crippen LogP contribution < -0.4 is 10.5 Å². The van der Waals surface area contributed by atoms with Crippen LogP contribution in [0.4, 0.5) is 4.39 Å². The van der Waals surface area contributed by atoms with Gasteiger partial charge >= 0.3 is 0 Å². The van der Waals surface area contributed by atoms with Gasteiger partial charge in [0.15, 0.2) is 5.82 Å². The fourth-order valence-corrected chi connectivity index (χ4v) is 2.13. The van der Waals surface area contributed by atoms with Gasteiger partial charge < -0.3 is 10.5 Å². The van der Waals surface area contributed by atoms with Gasteiger partial charge in [-0.2, -0.15) is 0 Å². The lowest BCUT2D eigenvalue weighted by Crippen LogP contribution is -2.44. The second kappa shape index (κ2) is 3.65. The lowest BCUT2D eigenvalue weighted by atomic mass is 9.72. The first-order chi connectivity index (χ1) is 7.08. The smallest absolute Gasteiger partial charge is 0.150 e. The van der Waals surface area contributed by atoms with E-state index in [9.17, 15) is 4.39 Å². The van der Waals surface area contributed by atoms with Crippen LogP contribution in [0.15, 0.2) is 12.1 Å². The van der Waals surface area contributed by atoms with E-state index in [1.807, 2.05) is 0 Å². The third kappa shape index (κ3) is 1.60. The highest BCUT2D eigenvalue weighted by molar-refractivity contribution is 6.30. The topological polar surface area (TPSA) is 35.2 Å². The van der Waals surface area contributed by atoms with Gasteiger partial charge in [-0.05, 0) is 31.4 Å². The molecule has 2 rings (SSSR count). The molecule has 0 aromatic heterocycles. The molecule has 0 amide bonds. The van der Waals surface area contributed by atoms with Crippen molar-refractivity contribution in [2.45, 2.75) is 24.8 Å². The molecule has 4 heteroatoms. The van der Waals surface area contributed by atoms with Gasteiger partial charge in [-0.15, -0.1) is 0 Å². The highest BCUT2D eigenvalue weighted by atomic mass is 35.5. The predicted molar refractivity (Wildman–Crippen MR) is 57.7 cm³/mol. The van der Waals surface area contributed by atoms with Crippen LogP contribution in [0.5, 0.6) is 5.75 Å². The Kier molecular flexibility index (Phi) is 2.61. The van der Waals surface area contributed by atoms with Crippen molar-refractivity contribution < 1.29 is 9.13 Å². The van der Waals surface area contributed by atoms with Gasteiger partial charge in [0, 0.05) is 5.54 Å². The first kappa shape index (κ1) is 10.7. The van der Waals surface area contributed by atoms with Crippen LogP contribution in [0.25, 0.3) is 0 Å². The zero-order chi connectivity index (χ0) is 11.1. The number of ether oxygens (including phenoxy) is 1. The molecule has 15 heavy (non-hydrogen) atoms. The summed E-state index contributed by atoms with van der Waals surface area (Å²) in [5.74, 6) is 0.0392. The fraction of sp³-hybridized carbons (Fsp3) is 0.455. The Morgan fingerprint density at radius 1 is 1.47 bits per heavy atom. The Balaban J connectivity index is 2.56. The van der Waals surface area contributed by atoms with Gasteiger partial charge in [0.05, 0.1) is 17.7 Å². The first-order valence-electron chi connectivity index (χ1n) is 4.90. The van der Waals surface area contributed by atoms with E-state index in [0.29, 0.717) is 11.3 Å². The predicted octanol–water partition coefficient (Wildman–Crippen LogP) is 2.83. The lowest BCUT2D eigenvalue weighted by molar-refractivity contribution is 0.235. The maximum Gasteiger partial charge on any atom is 0.150 e. The molecule has 0 radical (unpaired) electrons. The van der Waals surface area contributed by atoms with E-state index in [2.05, 4.69) is 0 Å². The van der Waals surface area contributed by atoms with Crippen LogP contribution in [-0.2, 0) is 5.54 Å². The number of hydrogen-bond donors (Lipinski definition) is 1. The molecule has 1 aliphatic rings. The zero-order valence-corrected chi connectivity index (χ0v) is 9.27. The summed E-state index contributed by atoms with van der Waals surface area (Å²) < 4.78 is 19.0. The van der Waals surface area contributed by atoms with Crippen molar-refractivity contribution in [1.29, 1.82) is 0 Å². The van der Waals surface area contributed by atoms with Crippen molar-refractivity contribution in [3.05, 3.63) is 28.5 Å². The molecule has 82 valence electrons. The van der Waals surface area contributed by atoms with Crippen LogP contribution >= 0.6 is 11.6 Å². The van der Waals surface area contributed by atoms with E-state index in [1.165, 1.54) is 13.2 Å². The summed E-state index contributed by atoms with van der Waals surface area (Å²) in [6.07, 6.45) is 2.58. The molecule has 0 bridgehead atoms. The van der Waals surface area contributed by atoms with Crippen LogP contribution in [0.1, 0.15) is 24.8 Å². The number of nitrogens with two attached hydrogens (primary N) is 1. The van der Waals surface area contributed by atoms with Gasteiger partial charge in [0.2, 0.25) is 0 Å². The van der Waals surface area contributed by atoms with Gasteiger partial charge in [-0.3, -0.25) is 0 Å². The van der Waals surface area contributed by atoms with E-state index in [1.54, 1.807) is 6.07 Å². The molecule has 1 saturated carbocycles. The molecule has 0 unspecified atom stereocenters. The highest BCUT2D eigenvalue weighted by Gasteiger charge is 2.39. The van der Waals surface area contributed by atoms with Crippen molar-refractivity contribution in [2.75, 3.05) is 7.11 Å². The summed E-state index contributed by atoms with van der Waals surface area (Å²) in [5.41, 5.74) is 5.91. The average Bonchev–Trinajstić information content (AvgIpc) is 2.18. The Morgan fingerprint density at radius 2 is 2.13 bits per heavy atom. The highest BCUT2D eigenvalue weighted by Crippen LogP contribution is 2.45. The molecule has 0 aliphatic heterocycles. The summed E-state index contributed by atoms with van der Waals surface area (Å²) in [7, 11) is 1.51. The summed E-state index contributed by atoms with van der Waals surface area (Å²) >= 11 is 5.74. The number of benzene rings is 1. The maximum absolute atomic E-state index is 13.9. The standard InChI is InChI=1S/C11H13ClFNO/c1-15-8-4-3-7(12)10(13)9(8)11(14)5-2-6-11/h3-4H,2,5-6,14H2,1H3. The summed E-state index contributed by atoms with van der Waals surface area (Å²) in [4.78, 5) is 0. The van der Waals surface area contributed by atoms with E-state index in [-0.39, 0.29) is 5.02 Å². The molecule has 0 heterocycles. The molecule has 2 nitrogen and oxygen atoms in total. The largest absolute Gasteiger partial charge is 0.496 e. The van der Waals surface area contributed by atoms with E-state index in [4.69, 9.17) is 22.1 Å². The molecule has 1 aromatic rings. The third-order valence-electron chi connectivity index (χ3n) is 3.02. The Bertz CT molecular complexity index is 390. The van der Waals surface area contributed by atoms with Gasteiger partial charge in [-0.25, -0.2) is 4.39 Å². The molecular weight excluding hydrogens is 217 g/mol. The maximum atomic E-state index is 13.9. The van der Waals surface area contributed by atoms with E-state index in [0.717, 1.165) is 19.3 Å². The SMILES string of the molecule is COc1ccc(Cl)c(F)c1C1(N)CCC1. The van der Waals surface area contributed by atoms with Gasteiger partial charge in [0.25, 0.3) is 0 Å². The summed E-state index contributed by atoms with van der Waals surface area (Å²) in [6.45, 7) is 0. The minimum atomic E-state index is -0.597. The summed E-state index contributed by atoms with van der Waals surface area (Å²) in [6, 6.07) is 3.15. The molecule has 1 fully saturated rings. The molecule has 1 aliphatic carbocycles. The number of rotatable bonds is 2. The fourth-order valence-electron chi connectivity index (χ4n) is 1.97. The minimum absolute atomic E-state index is 0.0996. The van der Waals surface area contributed by atoms with Gasteiger partial charge in [0.1, 0.15) is 5.75 Å². The molecular formula is C11H13ClFNO. The normalized spacial score (nSPS) is 18.4. The zero-order valence-electron chi connectivity index (χ0n) is 8.52. The molecule has 0 atom stereocenters. The van der Waals surface area contributed by atoms with Crippen molar-refractivity contribution in [3.63, 3.8) is 0 Å². The van der Waals surface area contributed by atoms with Crippen molar-refractivity contribution in [2.24, 2.45) is 5.73 Å². The summed E-state index contributed by atoms with van der Waals surface area (Å²) in [5, 5.41) is 0.0996. The van der Waals surface area contributed by atoms with Crippen LogP contribution in [0, 0.1) is 5.82 Å². The number of hydrogen-bond acceptors (Lipinski definition) is 2. The molecule has 0 saturated heterocycles. The lowest BCUT2D eigenvalue weighted by Gasteiger charge is -2.39. The van der Waals surface area contributed by atoms with Crippen LogP contribution in [0.2, 0.25) is 5.02 Å². The molecule has 1 aromatic carbocycles. The van der Waals surface area contributed by atoms with Crippen molar-refractivity contribution >= 4 is 11.6 Å². The molecule has 2 N–H and O–H groups in total. The average molecular weight is 230 g/mol.